The molecule has 0 bridgehead atoms. The van der Waals surface area contributed by atoms with Crippen LogP contribution in [-0.4, -0.2) is 29.9 Å². The lowest BCUT2D eigenvalue weighted by Crippen LogP contribution is -2.05. The number of nitrogens with zero attached hydrogens (tertiary/aromatic N) is 2. The number of nitro groups is 1. The molecule has 0 atom stereocenters. The first-order chi connectivity index (χ1) is 13.5. The maximum absolute atomic E-state index is 13.0. The maximum Gasteiger partial charge on any atom is 0.284 e. The average Bonchev–Trinajstić information content (AvgIpc) is 2.73. The molecule has 3 aromatic rings. The lowest BCUT2D eigenvalue weighted by Gasteiger charge is -2.10. The molecule has 1 heterocycles. The van der Waals surface area contributed by atoms with Crippen LogP contribution < -0.4 is 9.47 Å². The Morgan fingerprint density at radius 2 is 1.89 bits per heavy atom. The van der Waals surface area contributed by atoms with E-state index in [1.165, 1.54) is 20.3 Å². The van der Waals surface area contributed by atoms with E-state index in [4.69, 9.17) is 9.47 Å². The minimum Gasteiger partial charge on any atom is -0.497 e. The summed E-state index contributed by atoms with van der Waals surface area (Å²) in [6.45, 7) is 0. The van der Waals surface area contributed by atoms with Gasteiger partial charge in [-0.05, 0) is 42.5 Å². The molecule has 0 saturated heterocycles. The highest BCUT2D eigenvalue weighted by molar-refractivity contribution is 7.99. The minimum absolute atomic E-state index is 0.164. The van der Waals surface area contributed by atoms with Crippen LogP contribution in [-0.2, 0) is 0 Å². The van der Waals surface area contributed by atoms with Crippen molar-refractivity contribution in [3.63, 3.8) is 0 Å². The number of carbonyl (C=O) groups is 1. The van der Waals surface area contributed by atoms with E-state index in [9.17, 15) is 14.9 Å². The van der Waals surface area contributed by atoms with Crippen molar-refractivity contribution in [2.75, 3.05) is 14.2 Å². The van der Waals surface area contributed by atoms with Crippen molar-refractivity contribution in [2.45, 2.75) is 9.92 Å². The first-order valence-corrected chi connectivity index (χ1v) is 8.99. The molecule has 142 valence electrons. The Balaban J connectivity index is 2.00. The number of rotatable bonds is 7. The standard InChI is InChI=1S/C20H16N2O5S/c1-26-14-7-8-17(27-2)15(12-14)20(23)13-6-9-18(16(11-13)22(24)25)28-19-5-3-4-10-21-19/h3-12H,1-2H3. The number of pyridine rings is 1. The molecule has 1 aromatic heterocycles. The van der Waals surface area contributed by atoms with Gasteiger partial charge in [-0.25, -0.2) is 4.98 Å². The fraction of sp³-hybridized carbons (Fsp3) is 0.100. The summed E-state index contributed by atoms with van der Waals surface area (Å²) in [6.07, 6.45) is 1.61. The second kappa shape index (κ2) is 8.53. The number of ketones is 1. The zero-order chi connectivity index (χ0) is 20.1. The van der Waals surface area contributed by atoms with Gasteiger partial charge in [-0.15, -0.1) is 0 Å². The van der Waals surface area contributed by atoms with Crippen molar-refractivity contribution >= 4 is 23.2 Å². The van der Waals surface area contributed by atoms with Crippen LogP contribution in [0.3, 0.4) is 0 Å². The number of methoxy groups -OCH3 is 2. The number of benzene rings is 2. The number of hydrogen-bond donors (Lipinski definition) is 0. The van der Waals surface area contributed by atoms with Crippen LogP contribution in [0.1, 0.15) is 15.9 Å². The molecule has 0 aliphatic rings. The number of aromatic nitrogens is 1. The summed E-state index contributed by atoms with van der Waals surface area (Å²) in [5.74, 6) is 0.453. The molecule has 0 aliphatic heterocycles. The van der Waals surface area contributed by atoms with E-state index in [1.54, 1.807) is 54.7 Å². The first kappa shape index (κ1) is 19.4. The van der Waals surface area contributed by atoms with Gasteiger partial charge >= 0.3 is 0 Å². The van der Waals surface area contributed by atoms with E-state index in [2.05, 4.69) is 4.98 Å². The Kier molecular flexibility index (Phi) is 5.90. The van der Waals surface area contributed by atoms with E-state index in [0.29, 0.717) is 21.4 Å². The Bertz CT molecular complexity index is 1020. The fourth-order valence-corrected chi connectivity index (χ4v) is 3.41. The van der Waals surface area contributed by atoms with Crippen LogP contribution >= 0.6 is 11.8 Å². The van der Waals surface area contributed by atoms with Crippen LogP contribution in [0.2, 0.25) is 0 Å². The van der Waals surface area contributed by atoms with E-state index in [0.717, 1.165) is 11.8 Å². The predicted octanol–water partition coefficient (Wildman–Crippen LogP) is 4.39. The molecule has 0 saturated carbocycles. The Hall–Kier alpha value is -3.39. The molecule has 0 fully saturated rings. The molecule has 7 nitrogen and oxygen atoms in total. The molecule has 0 spiro atoms. The Labute approximate surface area is 165 Å². The van der Waals surface area contributed by atoms with Gasteiger partial charge in [0.2, 0.25) is 0 Å². The summed E-state index contributed by atoms with van der Waals surface area (Å²) >= 11 is 1.16. The third kappa shape index (κ3) is 4.12. The van der Waals surface area contributed by atoms with E-state index in [1.807, 2.05) is 0 Å². The lowest BCUT2D eigenvalue weighted by molar-refractivity contribution is -0.387. The van der Waals surface area contributed by atoms with Gasteiger partial charge in [-0.2, -0.15) is 0 Å². The minimum atomic E-state index is -0.509. The zero-order valence-electron chi connectivity index (χ0n) is 15.1. The highest BCUT2D eigenvalue weighted by Crippen LogP contribution is 2.35. The van der Waals surface area contributed by atoms with Gasteiger partial charge in [0.25, 0.3) is 5.69 Å². The van der Waals surface area contributed by atoms with Gasteiger partial charge < -0.3 is 9.47 Å². The van der Waals surface area contributed by atoms with Crippen molar-refractivity contribution in [3.05, 3.63) is 82.0 Å². The summed E-state index contributed by atoms with van der Waals surface area (Å²) in [4.78, 5) is 28.6. The van der Waals surface area contributed by atoms with Gasteiger partial charge in [0.15, 0.2) is 5.78 Å². The molecule has 0 radical (unpaired) electrons. The topological polar surface area (TPSA) is 91.6 Å². The maximum atomic E-state index is 13.0. The molecule has 0 amide bonds. The van der Waals surface area contributed by atoms with Crippen molar-refractivity contribution < 1.29 is 19.2 Å². The van der Waals surface area contributed by atoms with Gasteiger partial charge in [-0.3, -0.25) is 14.9 Å². The molecule has 28 heavy (non-hydrogen) atoms. The van der Waals surface area contributed by atoms with Crippen molar-refractivity contribution in [1.29, 1.82) is 0 Å². The van der Waals surface area contributed by atoms with Gasteiger partial charge in [0.1, 0.15) is 16.5 Å². The number of hydrogen-bond acceptors (Lipinski definition) is 7. The summed E-state index contributed by atoms with van der Waals surface area (Å²) in [7, 11) is 2.94. The average molecular weight is 396 g/mol. The van der Waals surface area contributed by atoms with Gasteiger partial charge in [0, 0.05) is 17.8 Å². The SMILES string of the molecule is COc1ccc(OC)c(C(=O)c2ccc(Sc3ccccn3)c([N+](=O)[O-])c2)c1. The molecule has 2 aromatic carbocycles. The third-order valence-electron chi connectivity index (χ3n) is 3.92. The number of nitro benzene ring substituents is 1. The van der Waals surface area contributed by atoms with Crippen molar-refractivity contribution in [1.82, 2.24) is 4.98 Å². The summed E-state index contributed by atoms with van der Waals surface area (Å²) in [5, 5.41) is 12.2. The number of ether oxygens (including phenoxy) is 2. The molecular formula is C20H16N2O5S. The van der Waals surface area contributed by atoms with E-state index < -0.39 is 10.7 Å². The van der Waals surface area contributed by atoms with Crippen LogP contribution in [0.25, 0.3) is 0 Å². The van der Waals surface area contributed by atoms with Crippen LogP contribution in [0.5, 0.6) is 11.5 Å². The smallest absolute Gasteiger partial charge is 0.284 e. The molecule has 0 N–H and O–H groups in total. The summed E-state index contributed by atoms with van der Waals surface area (Å²) < 4.78 is 10.4. The summed E-state index contributed by atoms with van der Waals surface area (Å²) in [6, 6.07) is 14.5. The van der Waals surface area contributed by atoms with Crippen LogP contribution in [0, 0.1) is 10.1 Å². The predicted molar refractivity (Wildman–Crippen MR) is 104 cm³/mol. The van der Waals surface area contributed by atoms with Crippen LogP contribution in [0.15, 0.2) is 70.7 Å². The molecule has 8 heteroatoms. The van der Waals surface area contributed by atoms with Crippen molar-refractivity contribution in [3.8, 4) is 11.5 Å². The largest absolute Gasteiger partial charge is 0.497 e. The normalized spacial score (nSPS) is 10.4. The third-order valence-corrected chi connectivity index (χ3v) is 4.94. The summed E-state index contributed by atoms with van der Waals surface area (Å²) in [5.41, 5.74) is 0.285. The molecule has 0 unspecified atom stereocenters. The first-order valence-electron chi connectivity index (χ1n) is 8.17. The van der Waals surface area contributed by atoms with Crippen LogP contribution in [0.4, 0.5) is 5.69 Å². The molecular weight excluding hydrogens is 380 g/mol. The monoisotopic (exact) mass is 396 g/mol. The zero-order valence-corrected chi connectivity index (χ0v) is 15.9. The Morgan fingerprint density at radius 3 is 2.54 bits per heavy atom. The molecule has 3 rings (SSSR count). The van der Waals surface area contributed by atoms with E-state index in [-0.39, 0.29) is 16.8 Å². The highest BCUT2D eigenvalue weighted by Gasteiger charge is 2.22. The second-order valence-electron chi connectivity index (χ2n) is 5.60. The quantitative estimate of drug-likeness (QED) is 0.332. The highest BCUT2D eigenvalue weighted by atomic mass is 32.2. The van der Waals surface area contributed by atoms with Crippen molar-refractivity contribution in [2.24, 2.45) is 0 Å². The van der Waals surface area contributed by atoms with E-state index >= 15 is 0 Å². The lowest BCUT2D eigenvalue weighted by atomic mass is 10.0. The Morgan fingerprint density at radius 1 is 1.07 bits per heavy atom. The van der Waals surface area contributed by atoms with Gasteiger partial charge in [0.05, 0.1) is 29.6 Å². The second-order valence-corrected chi connectivity index (χ2v) is 6.67. The fourth-order valence-electron chi connectivity index (χ4n) is 2.55. The molecule has 0 aliphatic carbocycles. The van der Waals surface area contributed by atoms with Gasteiger partial charge in [-0.1, -0.05) is 17.8 Å². The number of carbonyl (C=O) groups excluding carboxylic acids is 1.